The largest absolute Gasteiger partial charge is 0.390 e. The summed E-state index contributed by atoms with van der Waals surface area (Å²) in [6.45, 7) is 19.8. The van der Waals surface area contributed by atoms with E-state index in [0.29, 0.717) is 28.1 Å². The van der Waals surface area contributed by atoms with Gasteiger partial charge in [-0.25, -0.2) is 0 Å². The van der Waals surface area contributed by atoms with Crippen molar-refractivity contribution in [1.29, 1.82) is 0 Å². The highest BCUT2D eigenvalue weighted by Crippen LogP contribution is 2.75. The van der Waals surface area contributed by atoms with Crippen molar-refractivity contribution >= 4 is 0 Å². The molecular formula is C30H50O2. The highest BCUT2D eigenvalue weighted by Gasteiger charge is 2.68. The molecule has 182 valence electrons. The molecule has 32 heavy (non-hydrogen) atoms. The van der Waals surface area contributed by atoms with Gasteiger partial charge in [-0.2, -0.15) is 0 Å². The summed E-state index contributed by atoms with van der Waals surface area (Å²) in [7, 11) is 0. The Morgan fingerprint density at radius 1 is 0.719 bits per heavy atom. The van der Waals surface area contributed by atoms with Crippen LogP contribution in [0.25, 0.3) is 0 Å². The average Bonchev–Trinajstić information content (AvgIpc) is 2.68. The Labute approximate surface area is 197 Å². The minimum atomic E-state index is -0.596. The lowest BCUT2D eigenvalue weighted by atomic mass is 9.34. The molecule has 2 N–H and O–H groups in total. The summed E-state index contributed by atoms with van der Waals surface area (Å²) in [5.74, 6) is 1.12. The van der Waals surface area contributed by atoms with E-state index >= 15 is 0 Å². The molecule has 0 aromatic rings. The second-order valence-corrected chi connectivity index (χ2v) is 15.3. The molecule has 8 atom stereocenters. The molecule has 0 unspecified atom stereocenters. The van der Waals surface area contributed by atoms with Gasteiger partial charge in [0.15, 0.2) is 0 Å². The molecule has 0 aliphatic heterocycles. The Hall–Kier alpha value is -0.340. The fourth-order valence-corrected chi connectivity index (χ4v) is 10.6. The van der Waals surface area contributed by atoms with Crippen molar-refractivity contribution in [2.45, 2.75) is 132 Å². The molecule has 4 fully saturated rings. The van der Waals surface area contributed by atoms with Gasteiger partial charge in [0.25, 0.3) is 0 Å². The van der Waals surface area contributed by atoms with E-state index in [1.807, 2.05) is 11.1 Å². The van der Waals surface area contributed by atoms with E-state index < -0.39 is 12.2 Å². The van der Waals surface area contributed by atoms with Gasteiger partial charge in [0, 0.05) is 0 Å². The molecule has 5 rings (SSSR count). The van der Waals surface area contributed by atoms with Crippen LogP contribution < -0.4 is 0 Å². The van der Waals surface area contributed by atoms with E-state index in [0.717, 1.165) is 6.42 Å². The van der Waals surface area contributed by atoms with Crippen molar-refractivity contribution in [2.24, 2.45) is 44.3 Å². The SMILES string of the molecule is CC1(C)CC[C@]2(C)CC[C@]3(C)C(=C2C1)CC[C@@H]1[C@@]2(C)C[C@@H](O)[C@@H](O)C(C)(C)[C@@H]2CC[C@]13C. The molecule has 0 spiro atoms. The fraction of sp³-hybridized carbons (Fsp3) is 0.933. The second kappa shape index (κ2) is 6.66. The van der Waals surface area contributed by atoms with E-state index in [9.17, 15) is 10.2 Å². The zero-order chi connectivity index (χ0) is 23.5. The topological polar surface area (TPSA) is 40.5 Å². The highest BCUT2D eigenvalue weighted by molar-refractivity contribution is 5.38. The van der Waals surface area contributed by atoms with Crippen molar-refractivity contribution in [3.63, 3.8) is 0 Å². The maximum Gasteiger partial charge on any atom is 0.0852 e. The molecule has 0 aromatic carbocycles. The van der Waals surface area contributed by atoms with Crippen molar-refractivity contribution in [1.82, 2.24) is 0 Å². The summed E-state index contributed by atoms with van der Waals surface area (Å²) >= 11 is 0. The van der Waals surface area contributed by atoms with Crippen LogP contribution in [0.5, 0.6) is 0 Å². The minimum absolute atomic E-state index is 0.112. The van der Waals surface area contributed by atoms with Crippen molar-refractivity contribution in [3.8, 4) is 0 Å². The smallest absolute Gasteiger partial charge is 0.0852 e. The average molecular weight is 443 g/mol. The molecule has 0 heterocycles. The number of hydrogen-bond acceptors (Lipinski definition) is 2. The zero-order valence-corrected chi connectivity index (χ0v) is 22.3. The van der Waals surface area contributed by atoms with Gasteiger partial charge in [-0.15, -0.1) is 0 Å². The van der Waals surface area contributed by atoms with Gasteiger partial charge in [0.05, 0.1) is 12.2 Å². The van der Waals surface area contributed by atoms with Gasteiger partial charge in [0.2, 0.25) is 0 Å². The molecule has 2 nitrogen and oxygen atoms in total. The van der Waals surface area contributed by atoms with E-state index in [-0.39, 0.29) is 16.2 Å². The first-order valence-electron chi connectivity index (χ1n) is 13.7. The predicted molar refractivity (Wildman–Crippen MR) is 132 cm³/mol. The fourth-order valence-electron chi connectivity index (χ4n) is 10.6. The van der Waals surface area contributed by atoms with Crippen LogP contribution in [0.3, 0.4) is 0 Å². The standard InChI is InChI=1S/C30H50O2/c1-25(2)13-14-27(5)15-16-29(7)19(20(27)17-25)9-10-23-28(6)18-21(31)24(32)26(3,4)22(28)11-12-30(23,29)8/h21-24,31-32H,9-18H2,1-8H3/t21-,22+,23-,24-,27-,28+,29-,30-/m1/s1. The van der Waals surface area contributed by atoms with Crippen LogP contribution in [0.4, 0.5) is 0 Å². The Balaban J connectivity index is 1.60. The summed E-state index contributed by atoms with van der Waals surface area (Å²) in [4.78, 5) is 0. The Morgan fingerprint density at radius 3 is 2.06 bits per heavy atom. The normalized spacial score (nSPS) is 54.2. The molecular weight excluding hydrogens is 392 g/mol. The van der Waals surface area contributed by atoms with Crippen LogP contribution in [0.1, 0.15) is 120 Å². The van der Waals surface area contributed by atoms with Gasteiger partial charge in [-0.3, -0.25) is 0 Å². The number of aliphatic hydroxyl groups excluding tert-OH is 2. The first-order chi connectivity index (χ1) is 14.6. The summed E-state index contributed by atoms with van der Waals surface area (Å²) in [6.07, 6.45) is 11.3. The van der Waals surface area contributed by atoms with Crippen molar-refractivity contribution in [3.05, 3.63) is 11.1 Å². The Kier molecular flexibility index (Phi) is 4.87. The van der Waals surface area contributed by atoms with Crippen LogP contribution in [0.15, 0.2) is 11.1 Å². The van der Waals surface area contributed by atoms with Gasteiger partial charge >= 0.3 is 0 Å². The van der Waals surface area contributed by atoms with E-state index in [1.54, 1.807) is 0 Å². The number of fused-ring (bicyclic) bond motifs is 6. The number of rotatable bonds is 0. The van der Waals surface area contributed by atoms with Crippen LogP contribution in [0.2, 0.25) is 0 Å². The number of allylic oxidation sites excluding steroid dienone is 2. The summed E-state index contributed by atoms with van der Waals surface area (Å²) < 4.78 is 0. The van der Waals surface area contributed by atoms with Gasteiger partial charge in [-0.1, -0.05) is 66.5 Å². The van der Waals surface area contributed by atoms with E-state index in [2.05, 4.69) is 55.4 Å². The monoisotopic (exact) mass is 442 g/mol. The van der Waals surface area contributed by atoms with Crippen molar-refractivity contribution < 1.29 is 10.2 Å². The Morgan fingerprint density at radius 2 is 1.38 bits per heavy atom. The lowest BCUT2D eigenvalue weighted by molar-refractivity contribution is -0.233. The summed E-state index contributed by atoms with van der Waals surface area (Å²) in [5, 5.41) is 21.9. The van der Waals surface area contributed by atoms with Crippen molar-refractivity contribution in [2.75, 3.05) is 0 Å². The highest BCUT2D eigenvalue weighted by atomic mass is 16.3. The molecule has 0 aromatic heterocycles. The molecule has 0 amide bonds. The van der Waals surface area contributed by atoms with Crippen LogP contribution >= 0.6 is 0 Å². The number of aliphatic hydroxyl groups is 2. The third kappa shape index (κ3) is 2.78. The molecule has 5 aliphatic carbocycles. The lowest BCUT2D eigenvalue weighted by Gasteiger charge is -2.71. The van der Waals surface area contributed by atoms with E-state index in [1.165, 1.54) is 57.8 Å². The lowest BCUT2D eigenvalue weighted by Crippen LogP contribution is -2.66. The molecule has 0 radical (unpaired) electrons. The van der Waals surface area contributed by atoms with E-state index in [4.69, 9.17) is 0 Å². The third-order valence-electron chi connectivity index (χ3n) is 12.9. The zero-order valence-electron chi connectivity index (χ0n) is 22.3. The summed E-state index contributed by atoms with van der Waals surface area (Å²) in [5.41, 5.74) is 5.06. The first-order valence-corrected chi connectivity index (χ1v) is 13.7. The quantitative estimate of drug-likeness (QED) is 0.387. The Bertz CT molecular complexity index is 838. The summed E-state index contributed by atoms with van der Waals surface area (Å²) in [6, 6.07) is 0. The van der Waals surface area contributed by atoms with Crippen LogP contribution in [-0.2, 0) is 0 Å². The van der Waals surface area contributed by atoms with Crippen LogP contribution in [0, 0.1) is 44.3 Å². The van der Waals surface area contributed by atoms with Gasteiger partial charge in [0.1, 0.15) is 0 Å². The molecule has 0 saturated heterocycles. The molecule has 4 saturated carbocycles. The third-order valence-corrected chi connectivity index (χ3v) is 12.9. The maximum atomic E-state index is 11.0. The first kappa shape index (κ1) is 23.4. The van der Waals surface area contributed by atoms with Gasteiger partial charge < -0.3 is 10.2 Å². The van der Waals surface area contributed by atoms with Gasteiger partial charge in [-0.05, 0) is 109 Å². The second-order valence-electron chi connectivity index (χ2n) is 15.3. The molecule has 0 bridgehead atoms. The molecule has 5 aliphatic rings. The minimum Gasteiger partial charge on any atom is -0.390 e. The predicted octanol–water partition coefficient (Wildman–Crippen LogP) is 7.28. The maximum absolute atomic E-state index is 11.0. The van der Waals surface area contributed by atoms with Crippen LogP contribution in [-0.4, -0.2) is 22.4 Å². The molecule has 2 heteroatoms. The number of hydrogen-bond donors (Lipinski definition) is 2.